The van der Waals surface area contributed by atoms with Crippen LogP contribution in [-0.2, 0) is 4.74 Å². The predicted molar refractivity (Wildman–Crippen MR) is 110 cm³/mol. The summed E-state index contributed by atoms with van der Waals surface area (Å²) in [6.07, 6.45) is 5.46. The van der Waals surface area contributed by atoms with Crippen molar-refractivity contribution in [2.45, 2.75) is 0 Å². The van der Waals surface area contributed by atoms with Gasteiger partial charge in [0, 0.05) is 48.9 Å². The fourth-order valence-electron chi connectivity index (χ4n) is 3.49. The number of H-pyrrole nitrogens is 1. The second-order valence-electron chi connectivity index (χ2n) is 6.70. The Kier molecular flexibility index (Phi) is 4.53. The van der Waals surface area contributed by atoms with Gasteiger partial charge in [0.15, 0.2) is 0 Å². The monoisotopic (exact) mass is 388 g/mol. The van der Waals surface area contributed by atoms with E-state index in [1.807, 2.05) is 36.5 Å². The summed E-state index contributed by atoms with van der Waals surface area (Å²) in [5.74, 6) is 1.25. The first-order valence-electron chi connectivity index (χ1n) is 9.47. The molecule has 5 heterocycles. The highest BCUT2D eigenvalue weighted by Crippen LogP contribution is 2.33. The highest BCUT2D eigenvalue weighted by atomic mass is 16.5. The van der Waals surface area contributed by atoms with Gasteiger partial charge in [-0.25, -0.2) is 15.0 Å². The van der Waals surface area contributed by atoms with Crippen LogP contribution in [0.25, 0.3) is 33.5 Å². The van der Waals surface area contributed by atoms with Gasteiger partial charge in [0.05, 0.1) is 31.5 Å². The molecule has 8 nitrogen and oxygen atoms in total. The molecule has 1 aliphatic heterocycles. The Morgan fingerprint density at radius 1 is 1.03 bits per heavy atom. The van der Waals surface area contributed by atoms with E-state index in [2.05, 4.69) is 19.9 Å². The summed E-state index contributed by atoms with van der Waals surface area (Å²) in [6.45, 7) is 2.86. The molecule has 29 heavy (non-hydrogen) atoms. The number of rotatable bonds is 4. The SMILES string of the molecule is COc1cccc(-c2c[nH]c3c(-c4ccncc4)nc(N4CCOCC4)nc23)n1. The zero-order valence-electron chi connectivity index (χ0n) is 16.0. The largest absolute Gasteiger partial charge is 0.481 e. The second kappa shape index (κ2) is 7.48. The number of anilines is 1. The highest BCUT2D eigenvalue weighted by molar-refractivity contribution is 5.99. The van der Waals surface area contributed by atoms with E-state index in [0.717, 1.165) is 46.6 Å². The van der Waals surface area contributed by atoms with Crippen molar-refractivity contribution in [1.82, 2.24) is 24.9 Å². The molecule has 0 radical (unpaired) electrons. The number of ether oxygens (including phenoxy) is 2. The molecule has 0 amide bonds. The molecule has 1 fully saturated rings. The predicted octanol–water partition coefficient (Wildman–Crippen LogP) is 2.93. The average Bonchev–Trinajstić information content (AvgIpc) is 3.24. The minimum absolute atomic E-state index is 0.564. The van der Waals surface area contributed by atoms with E-state index in [0.29, 0.717) is 25.0 Å². The molecule has 4 aromatic rings. The lowest BCUT2D eigenvalue weighted by Crippen LogP contribution is -2.37. The number of morpholine rings is 1. The Morgan fingerprint density at radius 2 is 1.86 bits per heavy atom. The van der Waals surface area contributed by atoms with E-state index in [1.165, 1.54) is 0 Å². The number of nitrogens with zero attached hydrogens (tertiary/aromatic N) is 5. The molecule has 0 saturated carbocycles. The van der Waals surface area contributed by atoms with Crippen LogP contribution in [0.15, 0.2) is 48.9 Å². The van der Waals surface area contributed by atoms with Gasteiger partial charge in [0.25, 0.3) is 0 Å². The first-order valence-corrected chi connectivity index (χ1v) is 9.47. The minimum atomic E-state index is 0.564. The summed E-state index contributed by atoms with van der Waals surface area (Å²) in [7, 11) is 1.61. The van der Waals surface area contributed by atoms with Crippen molar-refractivity contribution >= 4 is 17.0 Å². The molecule has 8 heteroatoms. The molecule has 1 saturated heterocycles. The van der Waals surface area contributed by atoms with Gasteiger partial charge >= 0.3 is 0 Å². The van der Waals surface area contributed by atoms with Crippen LogP contribution < -0.4 is 9.64 Å². The lowest BCUT2D eigenvalue weighted by Gasteiger charge is -2.27. The fraction of sp³-hybridized carbons (Fsp3) is 0.238. The molecule has 0 aromatic carbocycles. The van der Waals surface area contributed by atoms with Crippen molar-refractivity contribution in [3.05, 3.63) is 48.9 Å². The third-order valence-electron chi connectivity index (χ3n) is 4.97. The van der Waals surface area contributed by atoms with Crippen molar-refractivity contribution in [2.24, 2.45) is 0 Å². The van der Waals surface area contributed by atoms with Crippen molar-refractivity contribution in [3.8, 4) is 28.4 Å². The lowest BCUT2D eigenvalue weighted by atomic mass is 10.1. The van der Waals surface area contributed by atoms with Gasteiger partial charge in [0.2, 0.25) is 11.8 Å². The first kappa shape index (κ1) is 17.6. The highest BCUT2D eigenvalue weighted by Gasteiger charge is 2.20. The van der Waals surface area contributed by atoms with Crippen LogP contribution in [0.4, 0.5) is 5.95 Å². The summed E-state index contributed by atoms with van der Waals surface area (Å²) in [5.41, 5.74) is 5.22. The molecule has 1 N–H and O–H groups in total. The van der Waals surface area contributed by atoms with Crippen molar-refractivity contribution in [1.29, 1.82) is 0 Å². The third-order valence-corrected chi connectivity index (χ3v) is 4.97. The molecule has 0 aliphatic carbocycles. The Bertz CT molecular complexity index is 1140. The fourth-order valence-corrected chi connectivity index (χ4v) is 3.49. The molecular weight excluding hydrogens is 368 g/mol. The lowest BCUT2D eigenvalue weighted by molar-refractivity contribution is 0.122. The summed E-state index contributed by atoms with van der Waals surface area (Å²) < 4.78 is 10.8. The quantitative estimate of drug-likeness (QED) is 0.575. The number of hydrogen-bond acceptors (Lipinski definition) is 7. The minimum Gasteiger partial charge on any atom is -0.481 e. The maximum absolute atomic E-state index is 5.49. The first-order chi connectivity index (χ1) is 14.3. The average molecular weight is 388 g/mol. The smallest absolute Gasteiger partial charge is 0.226 e. The zero-order chi connectivity index (χ0) is 19.6. The molecule has 0 unspecified atom stereocenters. The number of nitrogens with one attached hydrogen (secondary N) is 1. The Morgan fingerprint density at radius 3 is 2.66 bits per heavy atom. The van der Waals surface area contributed by atoms with Crippen LogP contribution >= 0.6 is 0 Å². The van der Waals surface area contributed by atoms with E-state index in [1.54, 1.807) is 19.5 Å². The summed E-state index contributed by atoms with van der Waals surface area (Å²) in [6, 6.07) is 9.61. The standard InChI is InChI=1S/C21H20N6O2/c1-28-17-4-2-3-16(24-17)15-13-23-20-18(14-5-7-22-8-6-14)25-21(26-19(15)20)27-9-11-29-12-10-27/h2-8,13,23H,9-12H2,1H3. The number of aromatic nitrogens is 5. The molecule has 0 spiro atoms. The maximum atomic E-state index is 5.49. The van der Waals surface area contributed by atoms with Gasteiger partial charge in [-0.3, -0.25) is 4.98 Å². The van der Waals surface area contributed by atoms with Gasteiger partial charge in [-0.05, 0) is 18.2 Å². The number of hydrogen-bond donors (Lipinski definition) is 1. The van der Waals surface area contributed by atoms with Crippen molar-refractivity contribution in [2.75, 3.05) is 38.3 Å². The van der Waals surface area contributed by atoms with Gasteiger partial charge in [-0.1, -0.05) is 6.07 Å². The molecule has 146 valence electrons. The normalized spacial score (nSPS) is 14.3. The van der Waals surface area contributed by atoms with E-state index in [9.17, 15) is 0 Å². The molecule has 0 bridgehead atoms. The van der Waals surface area contributed by atoms with E-state index in [4.69, 9.17) is 19.4 Å². The van der Waals surface area contributed by atoms with Crippen LogP contribution in [0, 0.1) is 0 Å². The van der Waals surface area contributed by atoms with Crippen LogP contribution in [-0.4, -0.2) is 58.3 Å². The zero-order valence-corrected chi connectivity index (χ0v) is 16.0. The van der Waals surface area contributed by atoms with E-state index >= 15 is 0 Å². The van der Waals surface area contributed by atoms with E-state index in [-0.39, 0.29) is 0 Å². The van der Waals surface area contributed by atoms with Crippen molar-refractivity contribution in [3.63, 3.8) is 0 Å². The number of fused-ring (bicyclic) bond motifs is 1. The Hall–Kier alpha value is -3.52. The summed E-state index contributed by atoms with van der Waals surface area (Å²) in [4.78, 5) is 24.0. The molecule has 0 atom stereocenters. The Balaban J connectivity index is 1.72. The third kappa shape index (κ3) is 3.27. The number of methoxy groups -OCH3 is 1. The van der Waals surface area contributed by atoms with Crippen molar-refractivity contribution < 1.29 is 9.47 Å². The van der Waals surface area contributed by atoms with Gasteiger partial charge < -0.3 is 19.4 Å². The van der Waals surface area contributed by atoms with Gasteiger partial charge in [-0.15, -0.1) is 0 Å². The molecule has 1 aliphatic rings. The maximum Gasteiger partial charge on any atom is 0.226 e. The molecular formula is C21H20N6O2. The second-order valence-corrected chi connectivity index (χ2v) is 6.70. The molecule has 4 aromatic heterocycles. The topological polar surface area (TPSA) is 89.0 Å². The van der Waals surface area contributed by atoms with Crippen LogP contribution in [0.5, 0.6) is 5.88 Å². The van der Waals surface area contributed by atoms with Crippen LogP contribution in [0.2, 0.25) is 0 Å². The molecule has 5 rings (SSSR count). The van der Waals surface area contributed by atoms with E-state index < -0.39 is 0 Å². The Labute approximate surface area is 167 Å². The summed E-state index contributed by atoms with van der Waals surface area (Å²) in [5, 5.41) is 0. The number of aromatic amines is 1. The van der Waals surface area contributed by atoms with Crippen LogP contribution in [0.3, 0.4) is 0 Å². The van der Waals surface area contributed by atoms with Gasteiger partial charge in [0.1, 0.15) is 11.2 Å². The number of pyridine rings is 2. The van der Waals surface area contributed by atoms with Crippen LogP contribution in [0.1, 0.15) is 0 Å². The van der Waals surface area contributed by atoms with Gasteiger partial charge in [-0.2, -0.15) is 0 Å². The summed E-state index contributed by atoms with van der Waals surface area (Å²) >= 11 is 0.